The normalized spacial score (nSPS) is 24.8. The Morgan fingerprint density at radius 2 is 2.08 bits per heavy atom. The summed E-state index contributed by atoms with van der Waals surface area (Å²) in [6.45, 7) is 9.94. The molecule has 0 aliphatic heterocycles. The highest BCUT2D eigenvalue weighted by Crippen LogP contribution is 2.41. The average Bonchev–Trinajstić information content (AvgIpc) is 2.70. The summed E-state index contributed by atoms with van der Waals surface area (Å²) in [5, 5.41) is 0.761. The van der Waals surface area contributed by atoms with Crippen LogP contribution in [0.15, 0.2) is 41.3 Å². The summed E-state index contributed by atoms with van der Waals surface area (Å²) in [4.78, 5) is 0. The van der Waals surface area contributed by atoms with Crippen LogP contribution in [0.3, 0.4) is 0 Å². The summed E-state index contributed by atoms with van der Waals surface area (Å²) in [5.41, 5.74) is 2.23. The zero-order chi connectivity index (χ0) is 18.5. The van der Waals surface area contributed by atoms with E-state index in [1.54, 1.807) is 0 Å². The van der Waals surface area contributed by atoms with E-state index in [1.807, 2.05) is 45.0 Å². The topological polar surface area (TPSA) is 35.4 Å². The van der Waals surface area contributed by atoms with Gasteiger partial charge in [-0.3, -0.25) is 0 Å². The molecule has 1 aromatic carbocycles. The van der Waals surface area contributed by atoms with Gasteiger partial charge in [0.05, 0.1) is 5.71 Å². The van der Waals surface area contributed by atoms with Gasteiger partial charge in [-0.25, -0.2) is 0 Å². The number of rotatable bonds is 5. The highest BCUT2D eigenvalue weighted by atomic mass is 35.5. The van der Waals surface area contributed by atoms with Crippen LogP contribution in [0.1, 0.15) is 64.9 Å². The molecule has 1 fully saturated rings. The number of nitrogens with zero attached hydrogens (tertiary/aromatic N) is 1. The predicted molar refractivity (Wildman–Crippen MR) is 111 cm³/mol. The molecule has 2 atom stereocenters. The molecule has 0 heterocycles. The lowest BCUT2D eigenvalue weighted by molar-refractivity contribution is 0.378. The second-order valence-electron chi connectivity index (χ2n) is 8.04. The van der Waals surface area contributed by atoms with Crippen molar-refractivity contribution in [2.24, 2.45) is 9.81 Å². The van der Waals surface area contributed by atoms with Crippen molar-refractivity contribution >= 4 is 28.7 Å². The van der Waals surface area contributed by atoms with Crippen molar-refractivity contribution < 1.29 is 4.55 Å². The van der Waals surface area contributed by atoms with Crippen molar-refractivity contribution in [1.29, 1.82) is 0 Å². The first-order valence-electron chi connectivity index (χ1n) is 9.12. The summed E-state index contributed by atoms with van der Waals surface area (Å²) in [7, 11) is 0. The minimum atomic E-state index is -1.23. The van der Waals surface area contributed by atoms with Crippen molar-refractivity contribution in [3.8, 4) is 0 Å². The van der Waals surface area contributed by atoms with Gasteiger partial charge in [-0.05, 0) is 70.6 Å². The van der Waals surface area contributed by atoms with Crippen LogP contribution in [-0.4, -0.2) is 15.0 Å². The number of halogens is 1. The fourth-order valence-corrected chi connectivity index (χ4v) is 4.49. The summed E-state index contributed by atoms with van der Waals surface area (Å²) >= 11 is 4.97. The van der Waals surface area contributed by atoms with Crippen molar-refractivity contribution in [2.45, 2.75) is 70.5 Å². The molecule has 25 heavy (non-hydrogen) atoms. The van der Waals surface area contributed by atoms with Gasteiger partial charge in [0.1, 0.15) is 16.1 Å². The fraction of sp³-hybridized carbons (Fsp3) is 0.571. The largest absolute Gasteiger partial charge is 0.591 e. The first kappa shape index (κ1) is 20.5. The van der Waals surface area contributed by atoms with E-state index in [0.717, 1.165) is 42.8 Å². The van der Waals surface area contributed by atoms with Crippen molar-refractivity contribution in [3.63, 3.8) is 0 Å². The second kappa shape index (κ2) is 8.75. The number of allylic oxidation sites excluding steroid dienone is 1. The summed E-state index contributed by atoms with van der Waals surface area (Å²) in [6, 6.07) is 8.07. The lowest BCUT2D eigenvalue weighted by atomic mass is 9.71. The Bertz CT molecular complexity index is 623. The smallest absolute Gasteiger partial charge is 0.144 e. The van der Waals surface area contributed by atoms with E-state index in [2.05, 4.69) is 12.6 Å². The van der Waals surface area contributed by atoms with Gasteiger partial charge in [-0.15, -0.1) is 6.58 Å². The van der Waals surface area contributed by atoms with Crippen LogP contribution in [0, 0.1) is 5.41 Å². The molecule has 1 aliphatic carbocycles. The van der Waals surface area contributed by atoms with Gasteiger partial charge in [0, 0.05) is 10.4 Å². The Hall–Kier alpha value is -0.770. The Morgan fingerprint density at radius 3 is 2.72 bits per heavy atom. The van der Waals surface area contributed by atoms with Crippen LogP contribution in [0.2, 0.25) is 5.02 Å². The van der Waals surface area contributed by atoms with E-state index in [4.69, 9.17) is 16.0 Å². The van der Waals surface area contributed by atoms with E-state index in [1.165, 1.54) is 18.4 Å². The third-order valence-corrected chi connectivity index (χ3v) is 6.53. The van der Waals surface area contributed by atoms with Crippen LogP contribution in [0.4, 0.5) is 0 Å². The number of hydrogen-bond acceptors (Lipinski definition) is 2. The van der Waals surface area contributed by atoms with E-state index in [0.29, 0.717) is 0 Å². The molecule has 4 heteroatoms. The number of benzene rings is 1. The summed E-state index contributed by atoms with van der Waals surface area (Å²) in [6.07, 6.45) is 9.21. The molecule has 1 saturated carbocycles. The Labute approximate surface area is 161 Å². The minimum Gasteiger partial charge on any atom is -0.591 e. The third-order valence-electron chi connectivity index (χ3n) is 4.86. The van der Waals surface area contributed by atoms with E-state index in [9.17, 15) is 4.55 Å². The van der Waals surface area contributed by atoms with E-state index < -0.39 is 11.4 Å². The number of hydrogen-bond donors (Lipinski definition) is 0. The lowest BCUT2D eigenvalue weighted by Crippen LogP contribution is -2.35. The molecule has 0 aromatic heterocycles. The zero-order valence-corrected chi connectivity index (χ0v) is 17.3. The molecule has 0 amide bonds. The van der Waals surface area contributed by atoms with Gasteiger partial charge >= 0.3 is 0 Å². The lowest BCUT2D eigenvalue weighted by Gasteiger charge is -2.33. The standard InChI is InChI=1S/C21H30ClNOS/c1-5-13-21(16-17-10-9-11-18(22)15-17)14-8-6-7-12-19(21)23-25(24)20(2,3)4/h5,9-11,15H,1,6-8,12-14,16H2,2-4H3/b23-19+/t21-,25?/m1/s1. The van der Waals surface area contributed by atoms with Gasteiger partial charge < -0.3 is 4.55 Å². The maximum absolute atomic E-state index is 12.7. The van der Waals surface area contributed by atoms with Crippen LogP contribution in [0.5, 0.6) is 0 Å². The van der Waals surface area contributed by atoms with Gasteiger partial charge in [0.25, 0.3) is 0 Å². The van der Waals surface area contributed by atoms with Gasteiger partial charge in [0.15, 0.2) is 0 Å². The Kier molecular flexibility index (Phi) is 7.19. The van der Waals surface area contributed by atoms with Crippen molar-refractivity contribution in [2.75, 3.05) is 0 Å². The van der Waals surface area contributed by atoms with E-state index in [-0.39, 0.29) is 10.2 Å². The van der Waals surface area contributed by atoms with Crippen LogP contribution >= 0.6 is 11.6 Å². The molecule has 1 aliphatic rings. The average molecular weight is 380 g/mol. The fourth-order valence-electron chi connectivity index (χ4n) is 3.52. The summed E-state index contributed by atoms with van der Waals surface area (Å²) in [5.74, 6) is 0. The van der Waals surface area contributed by atoms with Crippen molar-refractivity contribution in [1.82, 2.24) is 0 Å². The molecule has 1 aromatic rings. The van der Waals surface area contributed by atoms with Gasteiger partial charge in [0.2, 0.25) is 0 Å². The third kappa shape index (κ3) is 5.60. The predicted octanol–water partition coefficient (Wildman–Crippen LogP) is 6.31. The van der Waals surface area contributed by atoms with Gasteiger partial charge in [-0.2, -0.15) is 0 Å². The van der Waals surface area contributed by atoms with Crippen molar-refractivity contribution in [3.05, 3.63) is 47.5 Å². The second-order valence-corrected chi connectivity index (χ2v) is 10.4. The molecule has 138 valence electrons. The monoisotopic (exact) mass is 379 g/mol. The van der Waals surface area contributed by atoms with Gasteiger partial charge in [-0.1, -0.05) is 47.0 Å². The highest BCUT2D eigenvalue weighted by molar-refractivity contribution is 7.91. The summed E-state index contributed by atoms with van der Waals surface area (Å²) < 4.78 is 17.1. The molecule has 2 nitrogen and oxygen atoms in total. The quantitative estimate of drug-likeness (QED) is 0.335. The molecule has 0 N–H and O–H groups in total. The molecular formula is C21H30ClNOS. The Balaban J connectivity index is 2.44. The maximum atomic E-state index is 12.7. The van der Waals surface area contributed by atoms with Crippen LogP contribution in [-0.2, 0) is 17.8 Å². The molecule has 0 spiro atoms. The minimum absolute atomic E-state index is 0.0934. The molecule has 2 rings (SSSR count). The SMILES string of the molecule is C=CC[C@]1(Cc2cccc(Cl)c2)CCCCC/C1=N\[S+]([O-])C(C)(C)C. The van der Waals surface area contributed by atoms with Crippen LogP contribution < -0.4 is 0 Å². The molecule has 0 saturated heterocycles. The maximum Gasteiger partial charge on any atom is 0.144 e. The molecular weight excluding hydrogens is 350 g/mol. The van der Waals surface area contributed by atoms with Crippen LogP contribution in [0.25, 0.3) is 0 Å². The first-order valence-corrected chi connectivity index (χ1v) is 10.6. The van der Waals surface area contributed by atoms with E-state index >= 15 is 0 Å². The molecule has 0 radical (unpaired) electrons. The first-order chi connectivity index (χ1) is 11.8. The highest BCUT2D eigenvalue weighted by Gasteiger charge is 2.39. The zero-order valence-electron chi connectivity index (χ0n) is 15.7. The Morgan fingerprint density at radius 1 is 1.32 bits per heavy atom. The molecule has 0 bridgehead atoms. The molecule has 1 unspecified atom stereocenters.